The van der Waals surface area contributed by atoms with Crippen LogP contribution in [-0.4, -0.2) is 43.4 Å². The Bertz CT molecular complexity index is 256. The summed E-state index contributed by atoms with van der Waals surface area (Å²) < 4.78 is 26.0. The largest absolute Gasteiger partial charge is 0.336 e. The summed E-state index contributed by atoms with van der Waals surface area (Å²) in [5.41, 5.74) is 0. The summed E-state index contributed by atoms with van der Waals surface area (Å²) in [6.45, 7) is 4.18. The van der Waals surface area contributed by atoms with Gasteiger partial charge in [-0.1, -0.05) is 13.8 Å². The zero-order valence-electron chi connectivity index (χ0n) is 10.1. The van der Waals surface area contributed by atoms with Gasteiger partial charge >= 0.3 is 0 Å². The van der Waals surface area contributed by atoms with E-state index in [9.17, 15) is 13.6 Å². The second kappa shape index (κ2) is 5.08. The number of rotatable bonds is 4. The van der Waals surface area contributed by atoms with Crippen molar-refractivity contribution in [1.82, 2.24) is 10.2 Å². The monoisotopic (exact) mass is 234 g/mol. The molecule has 1 aliphatic rings. The number of carbonyl (C=O) groups excluding carboxylic acids is 1. The van der Waals surface area contributed by atoms with Crippen molar-refractivity contribution >= 4 is 5.91 Å². The maximum Gasteiger partial charge on any atom is 0.267 e. The maximum atomic E-state index is 13.0. The summed E-state index contributed by atoms with van der Waals surface area (Å²) in [7, 11) is 1.77. The first-order valence-corrected chi connectivity index (χ1v) is 5.68. The van der Waals surface area contributed by atoms with Gasteiger partial charge in [0.2, 0.25) is 5.91 Å². The first-order chi connectivity index (χ1) is 7.37. The van der Waals surface area contributed by atoms with Crippen LogP contribution < -0.4 is 5.32 Å². The van der Waals surface area contributed by atoms with Crippen molar-refractivity contribution in [3.8, 4) is 0 Å². The minimum atomic E-state index is -2.70. The molecule has 5 heteroatoms. The van der Waals surface area contributed by atoms with Crippen LogP contribution in [0.1, 0.15) is 20.3 Å². The summed E-state index contributed by atoms with van der Waals surface area (Å²) in [5.74, 6) is -2.90. The van der Waals surface area contributed by atoms with Gasteiger partial charge in [0.15, 0.2) is 0 Å². The van der Waals surface area contributed by atoms with E-state index in [1.165, 1.54) is 4.90 Å². The predicted molar refractivity (Wildman–Crippen MR) is 58.4 cm³/mol. The smallest absolute Gasteiger partial charge is 0.267 e. The van der Waals surface area contributed by atoms with Gasteiger partial charge < -0.3 is 10.2 Å². The van der Waals surface area contributed by atoms with E-state index in [-0.39, 0.29) is 30.7 Å². The van der Waals surface area contributed by atoms with Gasteiger partial charge in [0, 0.05) is 19.5 Å². The molecule has 1 heterocycles. The molecule has 1 aliphatic heterocycles. The van der Waals surface area contributed by atoms with Gasteiger partial charge in [0.25, 0.3) is 5.92 Å². The van der Waals surface area contributed by atoms with Crippen LogP contribution in [0.15, 0.2) is 0 Å². The number of alkyl halides is 2. The van der Waals surface area contributed by atoms with Crippen LogP contribution in [0.2, 0.25) is 0 Å². The molecule has 1 rings (SSSR count). The fraction of sp³-hybridized carbons (Fsp3) is 0.909. The van der Waals surface area contributed by atoms with Crippen LogP contribution in [0.3, 0.4) is 0 Å². The number of nitrogens with zero attached hydrogens (tertiary/aromatic N) is 1. The van der Waals surface area contributed by atoms with Gasteiger partial charge in [-0.25, -0.2) is 8.78 Å². The fourth-order valence-corrected chi connectivity index (χ4v) is 1.99. The molecule has 0 aromatic heterocycles. The van der Waals surface area contributed by atoms with E-state index in [0.29, 0.717) is 6.54 Å². The lowest BCUT2D eigenvalue weighted by Gasteiger charge is -2.25. The van der Waals surface area contributed by atoms with Crippen LogP contribution >= 0.6 is 0 Å². The molecule has 16 heavy (non-hydrogen) atoms. The zero-order valence-corrected chi connectivity index (χ0v) is 10.1. The minimum absolute atomic E-state index is 0.151. The number of nitrogens with one attached hydrogen (secondary N) is 1. The Kier molecular flexibility index (Phi) is 4.24. The van der Waals surface area contributed by atoms with E-state index in [2.05, 4.69) is 5.32 Å². The third-order valence-corrected chi connectivity index (χ3v) is 3.03. The van der Waals surface area contributed by atoms with Crippen LogP contribution in [-0.2, 0) is 4.79 Å². The number of likely N-dealkylation sites (tertiary alicyclic amines) is 1. The summed E-state index contributed by atoms with van der Waals surface area (Å²) in [6, 6.07) is 0. The predicted octanol–water partition coefficient (Wildman–Crippen LogP) is 1.35. The maximum absolute atomic E-state index is 13.0. The first-order valence-electron chi connectivity index (χ1n) is 5.68. The Morgan fingerprint density at radius 2 is 2.12 bits per heavy atom. The van der Waals surface area contributed by atoms with E-state index in [0.717, 1.165) is 0 Å². The molecule has 1 amide bonds. The normalized spacial score (nSPS) is 21.5. The Labute approximate surface area is 95.2 Å². The number of hydrogen-bond donors (Lipinski definition) is 1. The molecule has 0 aliphatic carbocycles. The molecule has 1 saturated heterocycles. The van der Waals surface area contributed by atoms with Gasteiger partial charge in [0.1, 0.15) is 0 Å². The molecule has 94 valence electrons. The quantitative estimate of drug-likeness (QED) is 0.796. The number of hydrogen-bond acceptors (Lipinski definition) is 2. The molecule has 1 N–H and O–H groups in total. The lowest BCUT2D eigenvalue weighted by Crippen LogP contribution is -2.41. The molecular weight excluding hydrogens is 214 g/mol. The zero-order chi connectivity index (χ0) is 12.3. The Balaban J connectivity index is 2.62. The lowest BCUT2D eigenvalue weighted by atomic mass is 9.94. The standard InChI is InChI=1S/C11H20F2N2O/c1-8(2)9(6-14-3)10(16)15-5-4-11(12,13)7-15/h8-9,14H,4-7H2,1-3H3. The molecule has 0 saturated carbocycles. The van der Waals surface area contributed by atoms with Crippen molar-refractivity contribution < 1.29 is 13.6 Å². The van der Waals surface area contributed by atoms with E-state index in [1.54, 1.807) is 7.05 Å². The van der Waals surface area contributed by atoms with Crippen LogP contribution in [0, 0.1) is 11.8 Å². The molecule has 3 nitrogen and oxygen atoms in total. The van der Waals surface area contributed by atoms with Crippen molar-refractivity contribution in [2.45, 2.75) is 26.2 Å². The minimum Gasteiger partial charge on any atom is -0.336 e. The highest BCUT2D eigenvalue weighted by molar-refractivity contribution is 5.79. The molecule has 0 radical (unpaired) electrons. The number of amides is 1. The van der Waals surface area contributed by atoms with Crippen LogP contribution in [0.5, 0.6) is 0 Å². The highest BCUT2D eigenvalue weighted by Crippen LogP contribution is 2.28. The van der Waals surface area contributed by atoms with Gasteiger partial charge in [0.05, 0.1) is 12.5 Å². The van der Waals surface area contributed by atoms with Gasteiger partial charge in [-0.3, -0.25) is 4.79 Å². The van der Waals surface area contributed by atoms with Crippen molar-refractivity contribution in [3.63, 3.8) is 0 Å². The second-order valence-corrected chi connectivity index (χ2v) is 4.77. The van der Waals surface area contributed by atoms with E-state index in [4.69, 9.17) is 0 Å². The van der Waals surface area contributed by atoms with Crippen LogP contribution in [0.25, 0.3) is 0 Å². The molecule has 1 atom stereocenters. The first kappa shape index (κ1) is 13.4. The molecular formula is C11H20F2N2O. The molecule has 1 unspecified atom stereocenters. The van der Waals surface area contributed by atoms with Crippen LogP contribution in [0.4, 0.5) is 8.78 Å². The fourth-order valence-electron chi connectivity index (χ4n) is 1.99. The summed E-state index contributed by atoms with van der Waals surface area (Å²) in [6.07, 6.45) is -0.205. The average Bonchev–Trinajstić information content (AvgIpc) is 2.53. The van der Waals surface area contributed by atoms with Crippen molar-refractivity contribution in [1.29, 1.82) is 0 Å². The highest BCUT2D eigenvalue weighted by Gasteiger charge is 2.42. The lowest BCUT2D eigenvalue weighted by molar-refractivity contribution is -0.137. The third kappa shape index (κ3) is 3.14. The van der Waals surface area contributed by atoms with Gasteiger partial charge in [-0.2, -0.15) is 0 Å². The average molecular weight is 234 g/mol. The summed E-state index contributed by atoms with van der Waals surface area (Å²) >= 11 is 0. The highest BCUT2D eigenvalue weighted by atomic mass is 19.3. The SMILES string of the molecule is CNCC(C(=O)N1CCC(F)(F)C1)C(C)C. The third-order valence-electron chi connectivity index (χ3n) is 3.03. The summed E-state index contributed by atoms with van der Waals surface area (Å²) in [4.78, 5) is 13.3. The topological polar surface area (TPSA) is 32.3 Å². The summed E-state index contributed by atoms with van der Waals surface area (Å²) in [5, 5.41) is 2.94. The van der Waals surface area contributed by atoms with E-state index < -0.39 is 12.5 Å². The number of carbonyl (C=O) groups is 1. The van der Waals surface area contributed by atoms with Gasteiger partial charge in [-0.05, 0) is 13.0 Å². The molecule has 1 fully saturated rings. The van der Waals surface area contributed by atoms with E-state index in [1.807, 2.05) is 13.8 Å². The molecule has 0 bridgehead atoms. The molecule has 0 spiro atoms. The van der Waals surface area contributed by atoms with Crippen molar-refractivity contribution in [3.05, 3.63) is 0 Å². The Morgan fingerprint density at radius 3 is 2.50 bits per heavy atom. The molecule has 0 aromatic carbocycles. The van der Waals surface area contributed by atoms with Gasteiger partial charge in [-0.15, -0.1) is 0 Å². The van der Waals surface area contributed by atoms with Crippen molar-refractivity contribution in [2.75, 3.05) is 26.7 Å². The second-order valence-electron chi connectivity index (χ2n) is 4.77. The Morgan fingerprint density at radius 1 is 1.50 bits per heavy atom. The van der Waals surface area contributed by atoms with Crippen molar-refractivity contribution in [2.24, 2.45) is 11.8 Å². The number of halogens is 2. The molecule has 0 aromatic rings. The Hall–Kier alpha value is -0.710. The van der Waals surface area contributed by atoms with E-state index >= 15 is 0 Å².